The summed E-state index contributed by atoms with van der Waals surface area (Å²) in [5, 5.41) is 13.9. The molecule has 4 N–H and O–H groups in total. The Morgan fingerprint density at radius 1 is 1.55 bits per heavy atom. The minimum Gasteiger partial charge on any atom is -0.480 e. The first-order chi connectivity index (χ1) is 9.49. The fourth-order valence-electron chi connectivity index (χ4n) is 1.50. The number of imidazole rings is 1. The fraction of sp³-hybridized carbons (Fsp3) is 0.545. The van der Waals surface area contributed by atoms with Crippen LogP contribution in [0, 0.1) is 0 Å². The molecule has 2 atom stereocenters. The van der Waals surface area contributed by atoms with Crippen LogP contribution in [0.25, 0.3) is 0 Å². The van der Waals surface area contributed by atoms with Crippen molar-refractivity contribution >= 4 is 22.8 Å². The van der Waals surface area contributed by atoms with E-state index >= 15 is 0 Å². The first-order valence-electron chi connectivity index (χ1n) is 6.03. The summed E-state index contributed by atoms with van der Waals surface area (Å²) in [7, 11) is -0.897. The quantitative estimate of drug-likeness (QED) is 0.481. The van der Waals surface area contributed by atoms with Crippen LogP contribution < -0.4 is 10.6 Å². The number of carboxylic acid groups (broad SMARTS) is 1. The van der Waals surface area contributed by atoms with Gasteiger partial charge in [-0.3, -0.25) is 4.21 Å². The molecular weight excluding hydrogens is 284 g/mol. The Morgan fingerprint density at radius 3 is 2.85 bits per heavy atom. The van der Waals surface area contributed by atoms with Crippen LogP contribution in [0.5, 0.6) is 0 Å². The monoisotopic (exact) mass is 302 g/mol. The van der Waals surface area contributed by atoms with E-state index < -0.39 is 28.8 Å². The molecule has 1 aromatic heterocycles. The number of carbonyl (C=O) groups is 2. The zero-order chi connectivity index (χ0) is 15.0. The van der Waals surface area contributed by atoms with Crippen LogP contribution in [0.15, 0.2) is 12.5 Å². The summed E-state index contributed by atoms with van der Waals surface area (Å²) in [6.07, 6.45) is 5.24. The van der Waals surface area contributed by atoms with Crippen molar-refractivity contribution in [3.05, 3.63) is 18.2 Å². The molecular formula is C11H18N4O4S. The molecule has 0 spiro atoms. The third-order valence-electron chi connectivity index (χ3n) is 2.48. The number of aromatic nitrogens is 2. The van der Waals surface area contributed by atoms with Gasteiger partial charge in [0.05, 0.1) is 6.33 Å². The van der Waals surface area contributed by atoms with Crippen LogP contribution in [0.3, 0.4) is 0 Å². The van der Waals surface area contributed by atoms with Gasteiger partial charge in [-0.15, -0.1) is 0 Å². The molecule has 1 heterocycles. The highest BCUT2D eigenvalue weighted by Crippen LogP contribution is 1.98. The van der Waals surface area contributed by atoms with Gasteiger partial charge in [-0.2, -0.15) is 0 Å². The third-order valence-corrected chi connectivity index (χ3v) is 3.34. The van der Waals surface area contributed by atoms with E-state index in [1.54, 1.807) is 6.26 Å². The molecule has 0 aliphatic rings. The number of nitrogens with one attached hydrogen (secondary N) is 3. The molecule has 0 saturated heterocycles. The molecule has 112 valence electrons. The SMILES string of the molecule is CS(=O)CCCNC(=O)N[C@H](Cc1cnc[nH]1)C(=O)O. The van der Waals surface area contributed by atoms with Gasteiger partial charge in [0.1, 0.15) is 6.04 Å². The minimum atomic E-state index is -1.12. The number of aromatic amines is 1. The van der Waals surface area contributed by atoms with Gasteiger partial charge in [-0.1, -0.05) is 0 Å². The summed E-state index contributed by atoms with van der Waals surface area (Å²) in [5.41, 5.74) is 0.624. The fourth-order valence-corrected chi connectivity index (χ4v) is 2.05. The molecule has 1 unspecified atom stereocenters. The predicted octanol–water partition coefficient (Wildman–Crippen LogP) is -0.527. The molecule has 1 rings (SSSR count). The molecule has 0 fully saturated rings. The number of nitrogens with zero attached hydrogens (tertiary/aromatic N) is 1. The Kier molecular flexibility index (Phi) is 6.71. The maximum atomic E-state index is 11.5. The van der Waals surface area contributed by atoms with Crippen molar-refractivity contribution in [2.24, 2.45) is 0 Å². The molecule has 0 saturated carbocycles. The van der Waals surface area contributed by atoms with Gasteiger partial charge >= 0.3 is 12.0 Å². The lowest BCUT2D eigenvalue weighted by molar-refractivity contribution is -0.139. The topological polar surface area (TPSA) is 124 Å². The Hall–Kier alpha value is -1.90. The summed E-state index contributed by atoms with van der Waals surface area (Å²) in [5.74, 6) is -0.624. The predicted molar refractivity (Wildman–Crippen MR) is 73.8 cm³/mol. The highest BCUT2D eigenvalue weighted by Gasteiger charge is 2.20. The van der Waals surface area contributed by atoms with E-state index in [0.29, 0.717) is 24.4 Å². The Balaban J connectivity index is 2.35. The number of hydrogen-bond acceptors (Lipinski definition) is 4. The molecule has 0 aliphatic heterocycles. The molecule has 0 aliphatic carbocycles. The van der Waals surface area contributed by atoms with E-state index in [0.717, 1.165) is 0 Å². The van der Waals surface area contributed by atoms with Crippen molar-refractivity contribution in [3.63, 3.8) is 0 Å². The molecule has 0 radical (unpaired) electrons. The number of carbonyl (C=O) groups excluding carboxylic acids is 1. The van der Waals surface area contributed by atoms with Crippen LogP contribution in [0.4, 0.5) is 4.79 Å². The maximum absolute atomic E-state index is 11.5. The van der Waals surface area contributed by atoms with Crippen molar-refractivity contribution in [1.29, 1.82) is 0 Å². The zero-order valence-electron chi connectivity index (χ0n) is 11.1. The largest absolute Gasteiger partial charge is 0.480 e. The Labute approximate surface area is 118 Å². The lowest BCUT2D eigenvalue weighted by Crippen LogP contribution is -2.47. The average Bonchev–Trinajstić information content (AvgIpc) is 2.86. The van der Waals surface area contributed by atoms with Crippen molar-refractivity contribution in [2.75, 3.05) is 18.6 Å². The normalized spacial score (nSPS) is 13.4. The second-order valence-corrected chi connectivity index (χ2v) is 5.76. The Morgan fingerprint density at radius 2 is 2.30 bits per heavy atom. The number of urea groups is 1. The zero-order valence-corrected chi connectivity index (χ0v) is 11.9. The van der Waals surface area contributed by atoms with Gasteiger partial charge in [0.25, 0.3) is 0 Å². The van der Waals surface area contributed by atoms with Crippen LogP contribution in [-0.2, 0) is 22.0 Å². The number of H-pyrrole nitrogens is 1. The lowest BCUT2D eigenvalue weighted by atomic mass is 10.2. The van der Waals surface area contributed by atoms with Crippen LogP contribution in [0.2, 0.25) is 0 Å². The number of rotatable bonds is 8. The summed E-state index contributed by atoms with van der Waals surface area (Å²) in [6, 6.07) is -1.59. The lowest BCUT2D eigenvalue weighted by Gasteiger charge is -2.14. The molecule has 8 nitrogen and oxygen atoms in total. The van der Waals surface area contributed by atoms with Crippen molar-refractivity contribution < 1.29 is 18.9 Å². The van der Waals surface area contributed by atoms with Crippen LogP contribution in [0.1, 0.15) is 12.1 Å². The van der Waals surface area contributed by atoms with Crippen molar-refractivity contribution in [1.82, 2.24) is 20.6 Å². The van der Waals surface area contributed by atoms with E-state index in [-0.39, 0.29) is 6.42 Å². The molecule has 2 amide bonds. The molecule has 0 aromatic carbocycles. The average molecular weight is 302 g/mol. The van der Waals surface area contributed by atoms with Gasteiger partial charge in [-0.25, -0.2) is 14.6 Å². The van der Waals surface area contributed by atoms with Gasteiger partial charge in [0.2, 0.25) is 0 Å². The summed E-state index contributed by atoms with van der Waals surface area (Å²) < 4.78 is 10.8. The van der Waals surface area contributed by atoms with E-state index in [1.165, 1.54) is 12.5 Å². The molecule has 20 heavy (non-hydrogen) atoms. The van der Waals surface area contributed by atoms with E-state index in [4.69, 9.17) is 5.11 Å². The maximum Gasteiger partial charge on any atom is 0.326 e. The first-order valence-corrected chi connectivity index (χ1v) is 7.76. The number of hydrogen-bond donors (Lipinski definition) is 4. The van der Waals surface area contributed by atoms with Gasteiger partial charge < -0.3 is 20.7 Å². The van der Waals surface area contributed by atoms with Gasteiger partial charge in [0, 0.05) is 47.7 Å². The summed E-state index contributed by atoms with van der Waals surface area (Å²) >= 11 is 0. The van der Waals surface area contributed by atoms with Crippen LogP contribution >= 0.6 is 0 Å². The van der Waals surface area contributed by atoms with Crippen LogP contribution in [-0.4, -0.2) is 55.9 Å². The number of amides is 2. The van der Waals surface area contributed by atoms with Crippen molar-refractivity contribution in [3.8, 4) is 0 Å². The minimum absolute atomic E-state index is 0.127. The van der Waals surface area contributed by atoms with E-state index in [2.05, 4.69) is 20.6 Å². The second kappa shape index (κ2) is 8.31. The van der Waals surface area contributed by atoms with Crippen molar-refractivity contribution in [2.45, 2.75) is 18.9 Å². The smallest absolute Gasteiger partial charge is 0.326 e. The highest BCUT2D eigenvalue weighted by atomic mass is 32.2. The Bertz CT molecular complexity index is 463. The van der Waals surface area contributed by atoms with E-state index in [1.807, 2.05) is 0 Å². The standard InChI is InChI=1S/C11H18N4O4S/c1-20(19)4-2-3-13-11(18)15-9(10(16)17)5-8-6-12-7-14-8/h6-7,9H,2-5H2,1H3,(H,12,14)(H,16,17)(H2,13,15,18)/t9-,20?/m1/s1. The molecule has 0 bridgehead atoms. The second-order valence-electron chi connectivity index (χ2n) is 4.20. The third kappa shape index (κ3) is 6.32. The molecule has 9 heteroatoms. The summed E-state index contributed by atoms with van der Waals surface area (Å²) in [6.45, 7) is 0.349. The number of aliphatic carboxylic acids is 1. The van der Waals surface area contributed by atoms with E-state index in [9.17, 15) is 13.8 Å². The first kappa shape index (κ1) is 16.2. The molecule has 1 aromatic rings. The summed E-state index contributed by atoms with van der Waals surface area (Å²) in [4.78, 5) is 29.2. The number of carboxylic acids is 1. The van der Waals surface area contributed by atoms with Gasteiger partial charge in [-0.05, 0) is 6.42 Å². The van der Waals surface area contributed by atoms with Gasteiger partial charge in [0.15, 0.2) is 0 Å². The highest BCUT2D eigenvalue weighted by molar-refractivity contribution is 7.84.